The summed E-state index contributed by atoms with van der Waals surface area (Å²) in [5, 5.41) is 12.8. The third-order valence-corrected chi connectivity index (χ3v) is 5.12. The Kier molecular flexibility index (Phi) is 6.11. The molecule has 10 heteroatoms. The molecular weight excluding hydrogens is 387 g/mol. The van der Waals surface area contributed by atoms with Gasteiger partial charge in [0.1, 0.15) is 11.6 Å². The zero-order valence-corrected chi connectivity index (χ0v) is 16.1. The van der Waals surface area contributed by atoms with Gasteiger partial charge in [0.25, 0.3) is 5.91 Å². The van der Waals surface area contributed by atoms with Crippen LogP contribution in [0.4, 0.5) is 19.0 Å². The Morgan fingerprint density at radius 1 is 1.21 bits per heavy atom. The molecule has 0 aromatic carbocycles. The summed E-state index contributed by atoms with van der Waals surface area (Å²) >= 11 is 0. The number of alkyl halides is 3. The number of hydrogen-bond donors (Lipinski definition) is 2. The van der Waals surface area contributed by atoms with Crippen LogP contribution in [0.25, 0.3) is 0 Å². The smallest absolute Gasteiger partial charge is 0.374 e. The van der Waals surface area contributed by atoms with Crippen LogP contribution in [0.1, 0.15) is 41.9 Å². The molecule has 1 saturated heterocycles. The van der Waals surface area contributed by atoms with E-state index in [1.54, 1.807) is 18.3 Å². The summed E-state index contributed by atoms with van der Waals surface area (Å²) < 4.78 is 41.8. The van der Waals surface area contributed by atoms with E-state index in [4.69, 9.17) is 0 Å². The first-order chi connectivity index (χ1) is 13.7. The van der Waals surface area contributed by atoms with Crippen molar-refractivity contribution in [3.63, 3.8) is 0 Å². The molecule has 0 radical (unpaired) electrons. The van der Waals surface area contributed by atoms with E-state index >= 15 is 0 Å². The molecule has 1 amide bonds. The first-order valence-corrected chi connectivity index (χ1v) is 9.49. The van der Waals surface area contributed by atoms with Gasteiger partial charge in [-0.05, 0) is 31.4 Å². The number of rotatable bonds is 6. The Hall–Kier alpha value is -2.62. The van der Waals surface area contributed by atoms with Gasteiger partial charge in [0.05, 0.1) is 5.56 Å². The van der Waals surface area contributed by atoms with Crippen molar-refractivity contribution in [1.82, 2.24) is 19.9 Å². The van der Waals surface area contributed by atoms with E-state index in [-0.39, 0.29) is 6.54 Å². The summed E-state index contributed by atoms with van der Waals surface area (Å²) in [6, 6.07) is 3.21. The van der Waals surface area contributed by atoms with Gasteiger partial charge in [0, 0.05) is 51.7 Å². The molecule has 0 aliphatic carbocycles. The minimum atomic E-state index is -4.94. The quantitative estimate of drug-likeness (QED) is 0.763. The number of pyridine rings is 1. The summed E-state index contributed by atoms with van der Waals surface area (Å²) in [7, 11) is 1.37. The van der Waals surface area contributed by atoms with E-state index in [1.807, 2.05) is 4.90 Å². The lowest BCUT2D eigenvalue weighted by Crippen LogP contribution is -2.46. The number of nitrogens with one attached hydrogen (secondary N) is 1. The molecule has 2 aromatic heterocycles. The van der Waals surface area contributed by atoms with Gasteiger partial charge in [-0.25, -0.2) is 9.97 Å². The van der Waals surface area contributed by atoms with Gasteiger partial charge < -0.3 is 19.9 Å². The number of imidazole rings is 1. The molecule has 7 nitrogen and oxygen atoms in total. The van der Waals surface area contributed by atoms with E-state index in [0.717, 1.165) is 36.9 Å². The van der Waals surface area contributed by atoms with Crippen LogP contribution in [-0.4, -0.2) is 51.4 Å². The second-order valence-corrected chi connectivity index (χ2v) is 7.15. The van der Waals surface area contributed by atoms with Crippen molar-refractivity contribution in [2.75, 3.05) is 24.5 Å². The van der Waals surface area contributed by atoms with Crippen molar-refractivity contribution in [3.8, 4) is 0 Å². The van der Waals surface area contributed by atoms with Gasteiger partial charge in [-0.1, -0.05) is 0 Å². The molecule has 1 unspecified atom stereocenters. The number of carbonyl (C=O) groups is 1. The molecule has 2 N–H and O–H groups in total. The average Bonchev–Trinajstić information content (AvgIpc) is 3.14. The number of anilines is 1. The molecule has 1 aliphatic heterocycles. The van der Waals surface area contributed by atoms with Crippen LogP contribution in [-0.2, 0) is 12.6 Å². The molecule has 2 aromatic rings. The Labute approximate surface area is 166 Å². The minimum Gasteiger partial charge on any atom is -0.374 e. The van der Waals surface area contributed by atoms with Gasteiger partial charge in [-0.15, -0.1) is 0 Å². The third-order valence-electron chi connectivity index (χ3n) is 5.12. The van der Waals surface area contributed by atoms with Crippen molar-refractivity contribution in [2.24, 2.45) is 7.05 Å². The highest BCUT2D eigenvalue weighted by atomic mass is 19.4. The maximum Gasteiger partial charge on any atom is 0.424 e. The van der Waals surface area contributed by atoms with Crippen molar-refractivity contribution in [1.29, 1.82) is 0 Å². The molecule has 158 valence electrons. The standard InChI is InChI=1S/C19H24F3N5O2/c1-26-13-10-25-17(26)18(29,19(20,21)22)7-9-24-16(28)14-6-5-8-23-15(14)27-11-3-2-4-12-27/h5-6,8,10,13,29H,2-4,7,9,11-12H2,1H3,(H,24,28). The van der Waals surface area contributed by atoms with Gasteiger partial charge in [0.15, 0.2) is 0 Å². The van der Waals surface area contributed by atoms with Crippen molar-refractivity contribution >= 4 is 11.7 Å². The fourth-order valence-electron chi connectivity index (χ4n) is 3.53. The van der Waals surface area contributed by atoms with Crippen molar-refractivity contribution in [2.45, 2.75) is 37.5 Å². The average molecular weight is 411 g/mol. The number of amides is 1. The van der Waals surface area contributed by atoms with Crippen LogP contribution < -0.4 is 10.2 Å². The first kappa shape index (κ1) is 21.1. The Morgan fingerprint density at radius 2 is 1.93 bits per heavy atom. The van der Waals surface area contributed by atoms with Crippen LogP contribution in [0.2, 0.25) is 0 Å². The van der Waals surface area contributed by atoms with Crippen LogP contribution in [0.15, 0.2) is 30.7 Å². The molecule has 29 heavy (non-hydrogen) atoms. The number of aliphatic hydroxyl groups is 1. The lowest BCUT2D eigenvalue weighted by Gasteiger charge is -2.30. The van der Waals surface area contributed by atoms with E-state index in [2.05, 4.69) is 15.3 Å². The van der Waals surface area contributed by atoms with Crippen LogP contribution in [0, 0.1) is 0 Å². The van der Waals surface area contributed by atoms with Crippen LogP contribution in [0.3, 0.4) is 0 Å². The number of carbonyl (C=O) groups excluding carboxylic acids is 1. The van der Waals surface area contributed by atoms with Gasteiger partial charge in [-0.2, -0.15) is 13.2 Å². The second kappa shape index (κ2) is 8.40. The number of piperidine rings is 1. The largest absolute Gasteiger partial charge is 0.424 e. The Bertz CT molecular complexity index is 848. The molecule has 0 spiro atoms. The zero-order valence-electron chi connectivity index (χ0n) is 16.1. The van der Waals surface area contributed by atoms with Crippen molar-refractivity contribution in [3.05, 3.63) is 42.1 Å². The lowest BCUT2D eigenvalue weighted by molar-refractivity contribution is -0.272. The topological polar surface area (TPSA) is 83.3 Å². The Morgan fingerprint density at radius 3 is 2.55 bits per heavy atom. The summed E-state index contributed by atoms with van der Waals surface area (Å²) in [5.41, 5.74) is -2.86. The molecule has 1 fully saturated rings. The highest BCUT2D eigenvalue weighted by molar-refractivity contribution is 5.98. The number of aryl methyl sites for hydroxylation is 1. The highest BCUT2D eigenvalue weighted by Gasteiger charge is 2.57. The summed E-state index contributed by atoms with van der Waals surface area (Å²) in [6.07, 6.45) is 1.52. The molecule has 1 aliphatic rings. The SMILES string of the molecule is Cn1ccnc1C(O)(CCNC(=O)c1cccnc1N1CCCCC1)C(F)(F)F. The number of hydrogen-bond acceptors (Lipinski definition) is 5. The summed E-state index contributed by atoms with van der Waals surface area (Å²) in [5.74, 6) is -0.516. The molecule has 0 saturated carbocycles. The predicted molar refractivity (Wildman–Crippen MR) is 100 cm³/mol. The summed E-state index contributed by atoms with van der Waals surface area (Å²) in [6.45, 7) is 1.19. The highest BCUT2D eigenvalue weighted by Crippen LogP contribution is 2.40. The van der Waals surface area contributed by atoms with Gasteiger partial charge >= 0.3 is 6.18 Å². The van der Waals surface area contributed by atoms with E-state index in [1.165, 1.54) is 19.4 Å². The molecule has 3 heterocycles. The second-order valence-electron chi connectivity index (χ2n) is 7.15. The zero-order chi connectivity index (χ0) is 21.1. The number of aromatic nitrogens is 3. The fraction of sp³-hybridized carbons (Fsp3) is 0.526. The van der Waals surface area contributed by atoms with Crippen LogP contribution >= 0.6 is 0 Å². The summed E-state index contributed by atoms with van der Waals surface area (Å²) in [4.78, 5) is 22.6. The normalized spacial score (nSPS) is 17.1. The first-order valence-electron chi connectivity index (χ1n) is 9.49. The molecule has 3 rings (SSSR count). The van der Waals surface area contributed by atoms with Gasteiger partial charge in [-0.3, -0.25) is 4.79 Å². The molecule has 1 atom stereocenters. The van der Waals surface area contributed by atoms with Crippen LogP contribution in [0.5, 0.6) is 0 Å². The van der Waals surface area contributed by atoms with E-state index in [9.17, 15) is 23.1 Å². The van der Waals surface area contributed by atoms with E-state index in [0.29, 0.717) is 11.4 Å². The number of halogens is 3. The monoisotopic (exact) mass is 411 g/mol. The maximum atomic E-state index is 13.6. The fourth-order valence-corrected chi connectivity index (χ4v) is 3.53. The molecule has 0 bridgehead atoms. The van der Waals surface area contributed by atoms with Crippen molar-refractivity contribution < 1.29 is 23.1 Å². The lowest BCUT2D eigenvalue weighted by atomic mass is 9.97. The maximum absolute atomic E-state index is 13.6. The number of nitrogens with zero attached hydrogens (tertiary/aromatic N) is 4. The minimum absolute atomic E-state index is 0.307. The van der Waals surface area contributed by atoms with E-state index < -0.39 is 29.9 Å². The third kappa shape index (κ3) is 4.36. The predicted octanol–water partition coefficient (Wildman–Crippen LogP) is 2.38. The Balaban J connectivity index is 1.71. The molecular formula is C19H24F3N5O2. The van der Waals surface area contributed by atoms with Gasteiger partial charge in [0.2, 0.25) is 5.60 Å².